The first-order chi connectivity index (χ1) is 9.25. The summed E-state index contributed by atoms with van der Waals surface area (Å²) in [6.07, 6.45) is -0.334. The summed E-state index contributed by atoms with van der Waals surface area (Å²) in [6, 6.07) is -2.66. The molecule has 0 unspecified atom stereocenters. The third kappa shape index (κ3) is 1.85. The second kappa shape index (κ2) is 3.74. The molecule has 0 aliphatic carbocycles. The first kappa shape index (κ1) is 5.32. The Hall–Kier alpha value is -1.81. The second-order valence-electron chi connectivity index (χ2n) is 3.13. The van der Waals surface area contributed by atoms with Crippen molar-refractivity contribution in [1.29, 1.82) is 0 Å². The molecule has 78 valence electrons. The van der Waals surface area contributed by atoms with Crippen LogP contribution in [0.15, 0.2) is 30.3 Å². The van der Waals surface area contributed by atoms with Crippen molar-refractivity contribution in [3.8, 4) is 0 Å². The van der Waals surface area contributed by atoms with Gasteiger partial charge < -0.3 is 15.8 Å². The number of aromatic amines is 1. The van der Waals surface area contributed by atoms with Gasteiger partial charge in [-0.25, -0.2) is 0 Å². The summed E-state index contributed by atoms with van der Waals surface area (Å²) >= 11 is 0. The SMILES string of the molecule is [2H]c1[nH]c2c([2H])c([2H])c([2H])c([2H])c2c1C[C@@H](N)C(=O)O. The zero-order chi connectivity index (χ0) is 15.2. The third-order valence-corrected chi connectivity index (χ3v) is 2.07. The standard InChI is InChI=1S/C11H12N2O2/c12-9(11(14)15)5-7-6-13-10-4-2-1-3-8(7)10/h1-4,6,9,13H,5,12H2,(H,14,15)/t9-/m1/s1/i1D,2D,3D,4D,6D. The van der Waals surface area contributed by atoms with Crippen LogP contribution >= 0.6 is 0 Å². The van der Waals surface area contributed by atoms with E-state index < -0.39 is 24.1 Å². The van der Waals surface area contributed by atoms with Crippen LogP contribution in [0.25, 0.3) is 10.9 Å². The fourth-order valence-electron chi connectivity index (χ4n) is 1.29. The van der Waals surface area contributed by atoms with Crippen LogP contribution in [0.1, 0.15) is 12.4 Å². The average Bonchev–Trinajstić information content (AvgIpc) is 2.71. The van der Waals surface area contributed by atoms with Crippen LogP contribution < -0.4 is 5.73 Å². The number of benzene rings is 1. The third-order valence-electron chi connectivity index (χ3n) is 2.07. The lowest BCUT2D eigenvalue weighted by Crippen LogP contribution is -2.32. The lowest BCUT2D eigenvalue weighted by Gasteiger charge is -2.04. The summed E-state index contributed by atoms with van der Waals surface area (Å²) < 4.78 is 38.6. The van der Waals surface area contributed by atoms with Crippen LogP contribution in [-0.4, -0.2) is 22.1 Å². The van der Waals surface area contributed by atoms with Gasteiger partial charge in [-0.1, -0.05) is 18.1 Å². The highest BCUT2D eigenvalue weighted by Crippen LogP contribution is 2.18. The fraction of sp³-hybridized carbons (Fsp3) is 0.182. The quantitative estimate of drug-likeness (QED) is 0.708. The van der Waals surface area contributed by atoms with E-state index in [0.29, 0.717) is 0 Å². The highest BCUT2D eigenvalue weighted by Gasteiger charge is 2.14. The molecule has 1 aromatic carbocycles. The lowest BCUT2D eigenvalue weighted by molar-refractivity contribution is -0.138. The van der Waals surface area contributed by atoms with Crippen molar-refractivity contribution >= 4 is 16.9 Å². The molecular weight excluding hydrogens is 192 g/mol. The maximum Gasteiger partial charge on any atom is 0.320 e. The van der Waals surface area contributed by atoms with Crippen LogP contribution in [0.3, 0.4) is 0 Å². The first-order valence-electron chi connectivity index (χ1n) is 6.81. The second-order valence-corrected chi connectivity index (χ2v) is 3.13. The van der Waals surface area contributed by atoms with Gasteiger partial charge in [0.2, 0.25) is 0 Å². The molecule has 0 bridgehead atoms. The number of para-hydroxylation sites is 1. The highest BCUT2D eigenvalue weighted by molar-refractivity contribution is 5.84. The molecule has 0 saturated carbocycles. The molecule has 1 atom stereocenters. The molecule has 4 N–H and O–H groups in total. The smallest absolute Gasteiger partial charge is 0.320 e. The summed E-state index contributed by atoms with van der Waals surface area (Å²) in [5.41, 5.74) is 5.71. The van der Waals surface area contributed by atoms with Crippen LogP contribution in [0.2, 0.25) is 0 Å². The Bertz CT molecular complexity index is 713. The number of carboxylic acid groups (broad SMARTS) is 1. The number of H-pyrrole nitrogens is 1. The van der Waals surface area contributed by atoms with Gasteiger partial charge in [0.05, 0.1) is 6.85 Å². The van der Waals surface area contributed by atoms with Crippen molar-refractivity contribution in [2.45, 2.75) is 12.5 Å². The molecular formula is C11H12N2O2. The molecule has 0 aliphatic rings. The summed E-state index contributed by atoms with van der Waals surface area (Å²) in [5, 5.41) is 8.94. The van der Waals surface area contributed by atoms with Crippen molar-refractivity contribution in [1.82, 2.24) is 4.98 Å². The molecule has 0 aliphatic heterocycles. The molecule has 4 nitrogen and oxygen atoms in total. The van der Waals surface area contributed by atoms with E-state index in [1.54, 1.807) is 0 Å². The predicted molar refractivity (Wildman–Crippen MR) is 57.6 cm³/mol. The molecule has 1 heterocycles. The molecule has 15 heavy (non-hydrogen) atoms. The van der Waals surface area contributed by atoms with E-state index in [1.165, 1.54) is 0 Å². The molecule has 4 heteroatoms. The van der Waals surface area contributed by atoms with Crippen LogP contribution in [-0.2, 0) is 11.2 Å². The number of carboxylic acids is 1. The monoisotopic (exact) mass is 209 g/mol. The van der Waals surface area contributed by atoms with E-state index in [1.807, 2.05) is 0 Å². The molecule has 1 aromatic heterocycles. The minimum atomic E-state index is -1.24. The number of fused-ring (bicyclic) bond motifs is 1. The van der Waals surface area contributed by atoms with Gasteiger partial charge in [-0.3, -0.25) is 4.79 Å². The maximum absolute atomic E-state index is 10.8. The number of nitrogens with two attached hydrogens (primary N) is 1. The van der Waals surface area contributed by atoms with Crippen molar-refractivity contribution in [3.63, 3.8) is 0 Å². The maximum atomic E-state index is 10.8. The number of aliphatic carboxylic acids is 1. The number of rotatable bonds is 3. The normalized spacial score (nSPS) is 17.5. The average molecular weight is 209 g/mol. The van der Waals surface area contributed by atoms with E-state index in [2.05, 4.69) is 4.98 Å². The minimum absolute atomic E-state index is 0.0913. The van der Waals surface area contributed by atoms with Gasteiger partial charge in [0, 0.05) is 23.5 Å². The number of nitrogens with one attached hydrogen (secondary N) is 1. The fourth-order valence-corrected chi connectivity index (χ4v) is 1.29. The van der Waals surface area contributed by atoms with Crippen molar-refractivity contribution < 1.29 is 16.8 Å². The Morgan fingerprint density at radius 1 is 1.60 bits per heavy atom. The van der Waals surface area contributed by atoms with Crippen LogP contribution in [0.4, 0.5) is 0 Å². The van der Waals surface area contributed by atoms with Gasteiger partial charge in [-0.05, 0) is 11.6 Å². The summed E-state index contributed by atoms with van der Waals surface area (Å²) in [5.74, 6) is -1.24. The minimum Gasteiger partial charge on any atom is -0.480 e. The first-order valence-corrected chi connectivity index (χ1v) is 4.31. The van der Waals surface area contributed by atoms with Gasteiger partial charge >= 0.3 is 5.97 Å². The predicted octanol–water partition coefficient (Wildman–Crippen LogP) is 1.12. The Kier molecular flexibility index (Phi) is 1.33. The van der Waals surface area contributed by atoms with Gasteiger partial charge in [-0.15, -0.1) is 0 Å². The molecule has 0 amide bonds. The Morgan fingerprint density at radius 3 is 3.07 bits per heavy atom. The van der Waals surface area contributed by atoms with Crippen molar-refractivity contribution in [3.05, 3.63) is 35.9 Å². The number of hydrogen-bond acceptors (Lipinski definition) is 2. The Balaban J connectivity index is 2.73. The molecule has 0 spiro atoms. The zero-order valence-electron chi connectivity index (χ0n) is 12.7. The van der Waals surface area contributed by atoms with E-state index >= 15 is 0 Å². The van der Waals surface area contributed by atoms with E-state index in [9.17, 15) is 4.79 Å². The van der Waals surface area contributed by atoms with Crippen LogP contribution in [0, 0.1) is 0 Å². The Labute approximate surface area is 93.7 Å². The van der Waals surface area contributed by atoms with E-state index in [-0.39, 0.29) is 41.1 Å². The van der Waals surface area contributed by atoms with Crippen molar-refractivity contribution in [2.75, 3.05) is 0 Å². The van der Waals surface area contributed by atoms with Gasteiger partial charge in [0.15, 0.2) is 0 Å². The van der Waals surface area contributed by atoms with Gasteiger partial charge in [0.1, 0.15) is 6.04 Å². The highest BCUT2D eigenvalue weighted by atomic mass is 16.4. The summed E-state index contributed by atoms with van der Waals surface area (Å²) in [7, 11) is 0. The van der Waals surface area contributed by atoms with Gasteiger partial charge in [-0.2, -0.15) is 0 Å². The van der Waals surface area contributed by atoms with Gasteiger partial charge in [0.25, 0.3) is 0 Å². The summed E-state index contributed by atoms with van der Waals surface area (Å²) in [6.45, 7) is 0. The number of carbonyl (C=O) groups is 1. The molecule has 0 saturated heterocycles. The van der Waals surface area contributed by atoms with E-state index in [4.69, 9.17) is 17.7 Å². The molecule has 0 fully saturated rings. The largest absolute Gasteiger partial charge is 0.480 e. The zero-order valence-corrected chi connectivity index (χ0v) is 7.72. The molecule has 2 aromatic rings. The molecule has 0 radical (unpaired) electrons. The number of aromatic nitrogens is 1. The molecule has 2 rings (SSSR count). The van der Waals surface area contributed by atoms with E-state index in [0.717, 1.165) is 0 Å². The van der Waals surface area contributed by atoms with Crippen LogP contribution in [0.5, 0.6) is 0 Å². The summed E-state index contributed by atoms with van der Waals surface area (Å²) in [4.78, 5) is 13.4. The lowest BCUT2D eigenvalue weighted by atomic mass is 10.1. The topological polar surface area (TPSA) is 79.1 Å². The number of hydrogen-bond donors (Lipinski definition) is 3. The van der Waals surface area contributed by atoms with Crippen molar-refractivity contribution in [2.24, 2.45) is 5.73 Å². The Morgan fingerprint density at radius 2 is 2.33 bits per heavy atom.